The van der Waals surface area contributed by atoms with Crippen LogP contribution in [0.3, 0.4) is 0 Å². The number of amides is 1. The Bertz CT molecular complexity index is 380. The molecule has 0 unspecified atom stereocenters. The number of rotatable bonds is 5. The molecule has 0 N–H and O–H groups in total. The Morgan fingerprint density at radius 3 is 3.05 bits per heavy atom. The van der Waals surface area contributed by atoms with Gasteiger partial charge in [0.2, 0.25) is 5.91 Å². The summed E-state index contributed by atoms with van der Waals surface area (Å²) in [5.41, 5.74) is 0. The Balaban J connectivity index is 1.90. The van der Waals surface area contributed by atoms with Crippen molar-refractivity contribution in [2.75, 3.05) is 32.8 Å². The van der Waals surface area contributed by atoms with E-state index in [0.717, 1.165) is 26.0 Å². The van der Waals surface area contributed by atoms with E-state index in [0.29, 0.717) is 31.8 Å². The second-order valence-electron chi connectivity index (χ2n) is 5.84. The maximum absolute atomic E-state index is 12.4. The molecule has 1 aliphatic heterocycles. The highest BCUT2D eigenvalue weighted by Gasteiger charge is 2.37. The summed E-state index contributed by atoms with van der Waals surface area (Å²) < 4.78 is 5.77. The van der Waals surface area contributed by atoms with Gasteiger partial charge in [-0.3, -0.25) is 9.69 Å². The molecule has 1 saturated carbocycles. The van der Waals surface area contributed by atoms with E-state index in [9.17, 15) is 4.79 Å². The van der Waals surface area contributed by atoms with Gasteiger partial charge in [0.25, 0.3) is 0 Å². The van der Waals surface area contributed by atoms with E-state index in [1.165, 1.54) is 6.42 Å². The topological polar surface area (TPSA) is 56.6 Å². The highest BCUT2D eigenvalue weighted by Crippen LogP contribution is 2.29. The van der Waals surface area contributed by atoms with E-state index in [1.807, 2.05) is 13.8 Å². The largest absolute Gasteiger partial charge is 0.375 e. The minimum atomic E-state index is -0.109. The third-order valence-electron chi connectivity index (χ3n) is 4.38. The van der Waals surface area contributed by atoms with Crippen molar-refractivity contribution in [1.82, 2.24) is 9.80 Å². The van der Waals surface area contributed by atoms with Crippen LogP contribution in [0, 0.1) is 17.2 Å². The number of carbonyl (C=O) groups is 1. The minimum Gasteiger partial charge on any atom is -0.375 e. The number of ether oxygens (including phenoxy) is 1. The van der Waals surface area contributed by atoms with Crippen molar-refractivity contribution in [3.8, 4) is 6.07 Å². The van der Waals surface area contributed by atoms with E-state index < -0.39 is 0 Å². The third kappa shape index (κ3) is 3.50. The number of likely N-dealkylation sites (N-methyl/N-ethyl adjacent to an activating group) is 1. The molecule has 1 saturated heterocycles. The first-order chi connectivity index (χ1) is 9.65. The molecule has 0 aromatic rings. The van der Waals surface area contributed by atoms with E-state index in [4.69, 9.17) is 10.00 Å². The van der Waals surface area contributed by atoms with Crippen LogP contribution in [0.1, 0.15) is 33.1 Å². The van der Waals surface area contributed by atoms with Crippen LogP contribution >= 0.6 is 0 Å². The number of nitrogens with zero attached hydrogens (tertiary/aromatic N) is 3. The summed E-state index contributed by atoms with van der Waals surface area (Å²) >= 11 is 0. The Labute approximate surface area is 121 Å². The van der Waals surface area contributed by atoms with Crippen molar-refractivity contribution in [2.45, 2.75) is 45.3 Å². The summed E-state index contributed by atoms with van der Waals surface area (Å²) in [5.74, 6) is 0.0324. The van der Waals surface area contributed by atoms with Crippen molar-refractivity contribution in [1.29, 1.82) is 5.26 Å². The third-order valence-corrected chi connectivity index (χ3v) is 4.38. The lowest BCUT2D eigenvalue weighted by Crippen LogP contribution is -2.52. The van der Waals surface area contributed by atoms with Crippen molar-refractivity contribution >= 4 is 5.91 Å². The van der Waals surface area contributed by atoms with Crippen molar-refractivity contribution in [3.05, 3.63) is 0 Å². The maximum atomic E-state index is 12.4. The summed E-state index contributed by atoms with van der Waals surface area (Å²) in [6.45, 7) is 7.08. The number of carbonyl (C=O) groups excluding carboxylic acids is 1. The van der Waals surface area contributed by atoms with Gasteiger partial charge in [0.05, 0.1) is 31.2 Å². The van der Waals surface area contributed by atoms with Gasteiger partial charge in [-0.2, -0.15) is 5.26 Å². The predicted molar refractivity (Wildman–Crippen MR) is 76.0 cm³/mol. The lowest BCUT2D eigenvalue weighted by Gasteiger charge is -2.38. The zero-order valence-electron chi connectivity index (χ0n) is 12.5. The molecule has 0 spiro atoms. The molecular formula is C15H25N3O2. The first kappa shape index (κ1) is 15.3. The fraction of sp³-hybridized carbons (Fsp3) is 0.867. The molecule has 3 atom stereocenters. The molecule has 0 radical (unpaired) electrons. The number of fused-ring (bicyclic) bond motifs is 1. The molecule has 0 aromatic carbocycles. The summed E-state index contributed by atoms with van der Waals surface area (Å²) in [6, 6.07) is 2.61. The first-order valence-corrected chi connectivity index (χ1v) is 7.68. The Hall–Kier alpha value is -1.12. The molecule has 1 heterocycles. The normalized spacial score (nSPS) is 27.6. The first-order valence-electron chi connectivity index (χ1n) is 7.68. The molecule has 2 rings (SSSR count). The van der Waals surface area contributed by atoms with E-state index in [2.05, 4.69) is 11.0 Å². The van der Waals surface area contributed by atoms with E-state index in [1.54, 1.807) is 4.90 Å². The van der Waals surface area contributed by atoms with Crippen LogP contribution in [0.15, 0.2) is 0 Å². The average Bonchev–Trinajstić information content (AvgIpc) is 2.93. The maximum Gasteiger partial charge on any atom is 0.236 e. The Morgan fingerprint density at radius 2 is 2.35 bits per heavy atom. The Kier molecular flexibility index (Phi) is 5.38. The molecule has 2 fully saturated rings. The second-order valence-corrected chi connectivity index (χ2v) is 5.84. The van der Waals surface area contributed by atoms with Gasteiger partial charge in [0, 0.05) is 25.7 Å². The minimum absolute atomic E-state index is 0.109. The molecule has 0 bridgehead atoms. The second kappa shape index (κ2) is 7.05. The fourth-order valence-electron chi connectivity index (χ4n) is 3.25. The van der Waals surface area contributed by atoms with E-state index in [-0.39, 0.29) is 11.8 Å². The van der Waals surface area contributed by atoms with Gasteiger partial charge in [0.1, 0.15) is 0 Å². The zero-order valence-corrected chi connectivity index (χ0v) is 12.5. The van der Waals surface area contributed by atoms with Gasteiger partial charge < -0.3 is 9.64 Å². The lowest BCUT2D eigenvalue weighted by molar-refractivity contribution is -0.136. The molecule has 5 nitrogen and oxygen atoms in total. The molecule has 1 amide bonds. The van der Waals surface area contributed by atoms with Gasteiger partial charge >= 0.3 is 0 Å². The molecule has 5 heteroatoms. The summed E-state index contributed by atoms with van der Waals surface area (Å²) in [7, 11) is 0. The van der Waals surface area contributed by atoms with Gasteiger partial charge in [0.15, 0.2) is 0 Å². The van der Waals surface area contributed by atoms with Crippen LogP contribution in [-0.4, -0.2) is 60.6 Å². The molecular weight excluding hydrogens is 254 g/mol. The molecule has 0 aromatic heterocycles. The highest BCUT2D eigenvalue weighted by molar-refractivity contribution is 5.78. The highest BCUT2D eigenvalue weighted by atomic mass is 16.5. The van der Waals surface area contributed by atoms with Crippen molar-refractivity contribution in [3.63, 3.8) is 0 Å². The van der Waals surface area contributed by atoms with Crippen LogP contribution in [0.25, 0.3) is 0 Å². The smallest absolute Gasteiger partial charge is 0.236 e. The van der Waals surface area contributed by atoms with Crippen LogP contribution < -0.4 is 0 Å². The number of hydrogen-bond donors (Lipinski definition) is 0. The molecule has 20 heavy (non-hydrogen) atoms. The number of nitriles is 1. The summed E-state index contributed by atoms with van der Waals surface area (Å²) in [4.78, 5) is 16.5. The predicted octanol–water partition coefficient (Wildman–Crippen LogP) is 1.25. The average molecular weight is 279 g/mol. The van der Waals surface area contributed by atoms with Crippen LogP contribution in [0.5, 0.6) is 0 Å². The van der Waals surface area contributed by atoms with Crippen LogP contribution in [0.4, 0.5) is 0 Å². The summed E-state index contributed by atoms with van der Waals surface area (Å²) in [6.07, 6.45) is 3.78. The number of morpholine rings is 1. The fourth-order valence-corrected chi connectivity index (χ4v) is 3.25. The zero-order chi connectivity index (χ0) is 14.5. The summed E-state index contributed by atoms with van der Waals surface area (Å²) in [5, 5.41) is 8.89. The monoisotopic (exact) mass is 279 g/mol. The standard InChI is InChI=1S/C15H25N3O2/c1-3-17(10-12(2)9-16)15(19)11-18-7-8-20-14-6-4-5-13(14)18/h12-14H,3-8,10-11H2,1-2H3/t12-,13+,14-/m1/s1. The van der Waals surface area contributed by atoms with Crippen LogP contribution in [-0.2, 0) is 9.53 Å². The van der Waals surface area contributed by atoms with Gasteiger partial charge in [-0.05, 0) is 33.1 Å². The van der Waals surface area contributed by atoms with Gasteiger partial charge in [-0.15, -0.1) is 0 Å². The Morgan fingerprint density at radius 1 is 1.55 bits per heavy atom. The van der Waals surface area contributed by atoms with Gasteiger partial charge in [-0.25, -0.2) is 0 Å². The quantitative estimate of drug-likeness (QED) is 0.760. The molecule has 112 valence electrons. The molecule has 1 aliphatic carbocycles. The molecule has 2 aliphatic rings. The van der Waals surface area contributed by atoms with E-state index >= 15 is 0 Å². The van der Waals surface area contributed by atoms with Crippen molar-refractivity contribution < 1.29 is 9.53 Å². The number of hydrogen-bond acceptors (Lipinski definition) is 4. The van der Waals surface area contributed by atoms with Crippen LogP contribution in [0.2, 0.25) is 0 Å². The van der Waals surface area contributed by atoms with Crippen molar-refractivity contribution in [2.24, 2.45) is 5.92 Å². The lowest BCUT2D eigenvalue weighted by atomic mass is 10.1. The van der Waals surface area contributed by atoms with Gasteiger partial charge in [-0.1, -0.05) is 0 Å². The SMILES string of the molecule is CCN(C[C@H](C)C#N)C(=O)CN1CCO[C@@H]2CCC[C@@H]21.